The number of rotatable bonds is 9. The maximum absolute atomic E-state index is 10.5. The normalized spacial score (nSPS) is 20.5. The molecule has 0 amide bonds. The van der Waals surface area contributed by atoms with Gasteiger partial charge in [-0.25, -0.2) is 0 Å². The Balaban J connectivity index is 1.64. The second-order valence-electron chi connectivity index (χ2n) is 6.36. The molecule has 1 heteroatoms. The van der Waals surface area contributed by atoms with Crippen LogP contribution in [0.2, 0.25) is 0 Å². The molecule has 2 atom stereocenters. The van der Waals surface area contributed by atoms with Crippen molar-refractivity contribution in [1.29, 1.82) is 0 Å². The number of hydrogen-bond donors (Lipinski definition) is 1. The van der Waals surface area contributed by atoms with Gasteiger partial charge in [-0.2, -0.15) is 0 Å². The summed E-state index contributed by atoms with van der Waals surface area (Å²) in [6.07, 6.45) is 16.0. The molecular weight excluding hydrogens is 256 g/mol. The standard InChI is InChI=1S/C20H30O/c1-2-3-4-5-6-7-8-9-13-18-16-15-17-12-10-11-14-19(17)20(18)21/h10-12,14-16,18,20-21H,2-9,13H2,1H3/t18-,20+/m1/s1. The van der Waals surface area contributed by atoms with Crippen molar-refractivity contribution < 1.29 is 5.11 Å². The molecular formula is C20H30O. The molecule has 1 aliphatic carbocycles. The molecule has 0 radical (unpaired) electrons. The molecule has 1 nitrogen and oxygen atoms in total. The molecule has 0 spiro atoms. The van der Waals surface area contributed by atoms with Gasteiger partial charge in [0.1, 0.15) is 0 Å². The van der Waals surface area contributed by atoms with E-state index in [-0.39, 0.29) is 6.10 Å². The van der Waals surface area contributed by atoms with Gasteiger partial charge in [0.25, 0.3) is 0 Å². The largest absolute Gasteiger partial charge is 0.388 e. The Morgan fingerprint density at radius 2 is 1.57 bits per heavy atom. The lowest BCUT2D eigenvalue weighted by atomic mass is 9.84. The lowest BCUT2D eigenvalue weighted by Crippen LogP contribution is -2.14. The van der Waals surface area contributed by atoms with Gasteiger partial charge >= 0.3 is 0 Å². The second kappa shape index (κ2) is 9.04. The Kier molecular flexibility index (Phi) is 7.02. The van der Waals surface area contributed by atoms with E-state index in [1.54, 1.807) is 0 Å². The molecule has 1 aromatic rings. The zero-order valence-corrected chi connectivity index (χ0v) is 13.4. The number of benzene rings is 1. The van der Waals surface area contributed by atoms with Crippen LogP contribution in [0.15, 0.2) is 30.3 Å². The van der Waals surface area contributed by atoms with Gasteiger partial charge in [-0.05, 0) is 17.5 Å². The summed E-state index contributed by atoms with van der Waals surface area (Å²) in [6, 6.07) is 8.20. The van der Waals surface area contributed by atoms with E-state index in [1.165, 1.54) is 56.9 Å². The molecule has 1 N–H and O–H groups in total. The highest BCUT2D eigenvalue weighted by Crippen LogP contribution is 2.34. The highest BCUT2D eigenvalue weighted by Gasteiger charge is 2.23. The molecule has 1 aliphatic rings. The molecule has 0 saturated carbocycles. The fourth-order valence-electron chi connectivity index (χ4n) is 3.26. The summed E-state index contributed by atoms with van der Waals surface area (Å²) in [4.78, 5) is 0. The van der Waals surface area contributed by atoms with E-state index in [2.05, 4.69) is 31.2 Å². The third kappa shape index (κ3) is 5.00. The maximum atomic E-state index is 10.5. The third-order valence-electron chi connectivity index (χ3n) is 4.63. The number of hydrogen-bond acceptors (Lipinski definition) is 1. The topological polar surface area (TPSA) is 20.2 Å². The Hall–Kier alpha value is -1.08. The van der Waals surface area contributed by atoms with Crippen LogP contribution in [0.1, 0.15) is 81.9 Å². The molecule has 0 unspecified atom stereocenters. The van der Waals surface area contributed by atoms with E-state index in [4.69, 9.17) is 0 Å². The number of aliphatic hydroxyl groups excluding tert-OH is 1. The van der Waals surface area contributed by atoms with Crippen molar-refractivity contribution in [3.05, 3.63) is 41.5 Å². The molecule has 2 rings (SSSR count). The summed E-state index contributed by atoms with van der Waals surface area (Å²) < 4.78 is 0. The van der Waals surface area contributed by atoms with E-state index in [0.29, 0.717) is 5.92 Å². The predicted octanol–water partition coefficient (Wildman–Crippen LogP) is 5.89. The van der Waals surface area contributed by atoms with Crippen molar-refractivity contribution in [2.75, 3.05) is 0 Å². The average molecular weight is 286 g/mol. The summed E-state index contributed by atoms with van der Waals surface area (Å²) >= 11 is 0. The average Bonchev–Trinajstić information content (AvgIpc) is 2.52. The van der Waals surface area contributed by atoms with Crippen LogP contribution >= 0.6 is 0 Å². The van der Waals surface area contributed by atoms with Crippen molar-refractivity contribution in [2.24, 2.45) is 5.92 Å². The zero-order valence-electron chi connectivity index (χ0n) is 13.4. The Morgan fingerprint density at radius 3 is 2.33 bits per heavy atom. The highest BCUT2D eigenvalue weighted by molar-refractivity contribution is 5.57. The van der Waals surface area contributed by atoms with Crippen molar-refractivity contribution in [2.45, 2.75) is 70.8 Å². The molecule has 21 heavy (non-hydrogen) atoms. The van der Waals surface area contributed by atoms with Crippen LogP contribution in [-0.4, -0.2) is 5.11 Å². The van der Waals surface area contributed by atoms with Crippen LogP contribution < -0.4 is 0 Å². The van der Waals surface area contributed by atoms with Crippen LogP contribution in [0.4, 0.5) is 0 Å². The lowest BCUT2D eigenvalue weighted by Gasteiger charge is -2.25. The van der Waals surface area contributed by atoms with E-state index in [9.17, 15) is 5.11 Å². The highest BCUT2D eigenvalue weighted by atomic mass is 16.3. The first-order chi connectivity index (χ1) is 10.3. The minimum absolute atomic E-state index is 0.306. The molecule has 0 aromatic heterocycles. The molecule has 116 valence electrons. The summed E-state index contributed by atoms with van der Waals surface area (Å²) in [5.41, 5.74) is 2.28. The van der Waals surface area contributed by atoms with Gasteiger partial charge in [0.2, 0.25) is 0 Å². The third-order valence-corrected chi connectivity index (χ3v) is 4.63. The Bertz CT molecular complexity index is 435. The summed E-state index contributed by atoms with van der Waals surface area (Å²) in [5, 5.41) is 10.5. The van der Waals surface area contributed by atoms with Crippen LogP contribution in [0.3, 0.4) is 0 Å². The summed E-state index contributed by atoms with van der Waals surface area (Å²) in [6.45, 7) is 2.27. The first-order valence-electron chi connectivity index (χ1n) is 8.78. The minimum Gasteiger partial charge on any atom is -0.388 e. The second-order valence-corrected chi connectivity index (χ2v) is 6.36. The maximum Gasteiger partial charge on any atom is 0.0858 e. The van der Waals surface area contributed by atoms with Gasteiger partial charge in [-0.1, -0.05) is 94.7 Å². The van der Waals surface area contributed by atoms with Gasteiger partial charge in [-0.15, -0.1) is 0 Å². The smallest absolute Gasteiger partial charge is 0.0858 e. The monoisotopic (exact) mass is 286 g/mol. The van der Waals surface area contributed by atoms with Crippen molar-refractivity contribution in [3.8, 4) is 0 Å². The SMILES string of the molecule is CCCCCCCCCC[C@@H]1C=Cc2ccccc2[C@H]1O. The van der Waals surface area contributed by atoms with Gasteiger partial charge in [-0.3, -0.25) is 0 Å². The summed E-state index contributed by atoms with van der Waals surface area (Å²) in [7, 11) is 0. The number of fused-ring (bicyclic) bond motifs is 1. The first-order valence-corrected chi connectivity index (χ1v) is 8.78. The molecule has 0 bridgehead atoms. The summed E-state index contributed by atoms with van der Waals surface area (Å²) in [5.74, 6) is 0.306. The minimum atomic E-state index is -0.309. The fourth-order valence-corrected chi connectivity index (χ4v) is 3.26. The van der Waals surface area contributed by atoms with Crippen LogP contribution in [0.5, 0.6) is 0 Å². The van der Waals surface area contributed by atoms with Gasteiger partial charge < -0.3 is 5.11 Å². The predicted molar refractivity (Wildman–Crippen MR) is 91.2 cm³/mol. The van der Waals surface area contributed by atoms with Crippen molar-refractivity contribution in [3.63, 3.8) is 0 Å². The van der Waals surface area contributed by atoms with Gasteiger partial charge in [0, 0.05) is 5.92 Å². The van der Waals surface area contributed by atoms with E-state index >= 15 is 0 Å². The Labute approximate surface area is 130 Å². The number of aliphatic hydroxyl groups is 1. The molecule has 1 aromatic carbocycles. The van der Waals surface area contributed by atoms with E-state index in [0.717, 1.165) is 12.0 Å². The van der Waals surface area contributed by atoms with Crippen LogP contribution in [0.25, 0.3) is 6.08 Å². The van der Waals surface area contributed by atoms with Crippen molar-refractivity contribution >= 4 is 6.08 Å². The first kappa shape index (κ1) is 16.3. The number of unbranched alkanes of at least 4 members (excludes halogenated alkanes) is 7. The van der Waals surface area contributed by atoms with Crippen LogP contribution in [-0.2, 0) is 0 Å². The molecule has 0 aliphatic heterocycles. The molecule has 0 saturated heterocycles. The lowest BCUT2D eigenvalue weighted by molar-refractivity contribution is 0.123. The van der Waals surface area contributed by atoms with Gasteiger partial charge in [0.15, 0.2) is 0 Å². The zero-order chi connectivity index (χ0) is 14.9. The molecule has 0 heterocycles. The quantitative estimate of drug-likeness (QED) is 0.561. The Morgan fingerprint density at radius 1 is 0.905 bits per heavy atom. The van der Waals surface area contributed by atoms with Gasteiger partial charge in [0.05, 0.1) is 6.10 Å². The molecule has 0 fully saturated rings. The van der Waals surface area contributed by atoms with Crippen LogP contribution in [0, 0.1) is 5.92 Å². The fraction of sp³-hybridized carbons (Fsp3) is 0.600. The van der Waals surface area contributed by atoms with E-state index < -0.39 is 0 Å². The van der Waals surface area contributed by atoms with E-state index in [1.807, 2.05) is 12.1 Å². The van der Waals surface area contributed by atoms with Crippen molar-refractivity contribution in [1.82, 2.24) is 0 Å².